The molecule has 3 heterocycles. The van der Waals surface area contributed by atoms with Gasteiger partial charge in [-0.3, -0.25) is 9.36 Å². The van der Waals surface area contributed by atoms with Crippen molar-refractivity contribution in [2.24, 2.45) is 0 Å². The van der Waals surface area contributed by atoms with Crippen molar-refractivity contribution in [3.05, 3.63) is 87.1 Å². The molecule has 1 unspecified atom stereocenters. The van der Waals surface area contributed by atoms with Gasteiger partial charge in [-0.05, 0) is 56.5 Å². The van der Waals surface area contributed by atoms with Gasteiger partial charge in [0.15, 0.2) is 5.16 Å². The fourth-order valence-corrected chi connectivity index (χ4v) is 6.78. The fourth-order valence-electron chi connectivity index (χ4n) is 4.83. The molecular weight excluding hydrogens is 548 g/mol. The first kappa shape index (κ1) is 27.8. The molecule has 1 saturated heterocycles. The van der Waals surface area contributed by atoms with Crippen molar-refractivity contribution in [3.8, 4) is 5.69 Å². The molecule has 0 bridgehead atoms. The van der Waals surface area contributed by atoms with E-state index in [0.29, 0.717) is 35.5 Å². The van der Waals surface area contributed by atoms with Crippen LogP contribution in [-0.2, 0) is 12.2 Å². The van der Waals surface area contributed by atoms with Crippen molar-refractivity contribution in [1.29, 1.82) is 0 Å². The number of carbonyl (C=O) groups is 1. The highest BCUT2D eigenvalue weighted by Gasteiger charge is 2.19. The molecule has 1 amide bonds. The molecular formula is C29H33ClN6OS2. The Balaban J connectivity index is 1.20. The Morgan fingerprint density at radius 2 is 2.03 bits per heavy atom. The maximum Gasteiger partial charge on any atom is 0.270 e. The number of benzene rings is 2. The van der Waals surface area contributed by atoms with Crippen LogP contribution in [0.1, 0.15) is 59.5 Å². The summed E-state index contributed by atoms with van der Waals surface area (Å²) in [7, 11) is 0. The number of nitrogens with one attached hydrogen (secondary N) is 1. The van der Waals surface area contributed by atoms with Crippen LogP contribution < -0.4 is 5.32 Å². The summed E-state index contributed by atoms with van der Waals surface area (Å²) in [6.07, 6.45) is 5.48. The van der Waals surface area contributed by atoms with Crippen LogP contribution in [0.3, 0.4) is 0 Å². The van der Waals surface area contributed by atoms with Gasteiger partial charge in [0.2, 0.25) is 0 Å². The van der Waals surface area contributed by atoms with Crippen LogP contribution in [0.15, 0.2) is 65.1 Å². The lowest BCUT2D eigenvalue weighted by Crippen LogP contribution is -2.39. The Morgan fingerprint density at radius 3 is 2.85 bits per heavy atom. The second kappa shape index (κ2) is 13.6. The first-order valence-corrected chi connectivity index (χ1v) is 15.6. The van der Waals surface area contributed by atoms with Gasteiger partial charge in [-0.2, -0.15) is 0 Å². The number of carbonyl (C=O) groups excluding carboxylic acids is 1. The minimum Gasteiger partial charge on any atom is -0.351 e. The molecule has 39 heavy (non-hydrogen) atoms. The van der Waals surface area contributed by atoms with E-state index in [1.807, 2.05) is 52.4 Å². The van der Waals surface area contributed by atoms with E-state index in [-0.39, 0.29) is 5.91 Å². The molecule has 5 rings (SSSR count). The highest BCUT2D eigenvalue weighted by Crippen LogP contribution is 2.28. The molecule has 0 spiro atoms. The first-order chi connectivity index (χ1) is 19.1. The Labute approximate surface area is 243 Å². The number of halogens is 1. The van der Waals surface area contributed by atoms with E-state index in [2.05, 4.69) is 44.5 Å². The largest absolute Gasteiger partial charge is 0.351 e. The van der Waals surface area contributed by atoms with Crippen LogP contribution in [0.25, 0.3) is 5.69 Å². The monoisotopic (exact) mass is 580 g/mol. The molecule has 0 aliphatic carbocycles. The summed E-state index contributed by atoms with van der Waals surface area (Å²) >= 11 is 9.36. The second-order valence-electron chi connectivity index (χ2n) is 9.78. The standard InChI is InChI=1S/C29H33ClN6OS2/c1-21-9-5-6-15-35(21)16-8-14-31-28(37)25-19-38-27(32-25)20-39-29-34-33-26(17-22-10-3-2-4-11-22)36(29)24-13-7-12-23(30)18-24/h2-4,7,10-13,18-19,21H,5-6,8-9,14-17,20H2,1H3,(H,31,37). The fraction of sp³-hybridized carbons (Fsp3) is 0.379. The normalized spacial score (nSPS) is 15.9. The summed E-state index contributed by atoms with van der Waals surface area (Å²) in [6, 6.07) is 18.6. The number of thioether (sulfide) groups is 1. The summed E-state index contributed by atoms with van der Waals surface area (Å²) in [5.41, 5.74) is 2.55. The van der Waals surface area contributed by atoms with Gasteiger partial charge in [-0.1, -0.05) is 66.2 Å². The molecule has 1 N–H and O–H groups in total. The number of aromatic nitrogens is 4. The van der Waals surface area contributed by atoms with Crippen LogP contribution in [0.4, 0.5) is 0 Å². The molecule has 1 fully saturated rings. The highest BCUT2D eigenvalue weighted by molar-refractivity contribution is 7.98. The van der Waals surface area contributed by atoms with E-state index < -0.39 is 0 Å². The van der Waals surface area contributed by atoms with Gasteiger partial charge in [0.05, 0.1) is 11.4 Å². The number of nitrogens with zero attached hydrogens (tertiary/aromatic N) is 5. The Kier molecular flexibility index (Phi) is 9.68. The minimum absolute atomic E-state index is 0.110. The number of piperidine rings is 1. The van der Waals surface area contributed by atoms with Crippen LogP contribution in [0, 0.1) is 0 Å². The van der Waals surface area contributed by atoms with Crippen molar-refractivity contribution in [1.82, 2.24) is 30.0 Å². The highest BCUT2D eigenvalue weighted by atomic mass is 35.5. The summed E-state index contributed by atoms with van der Waals surface area (Å²) in [4.78, 5) is 19.8. The number of likely N-dealkylation sites (tertiary alicyclic amines) is 1. The molecule has 0 saturated carbocycles. The molecule has 10 heteroatoms. The predicted octanol–water partition coefficient (Wildman–Crippen LogP) is 6.25. The number of thiazole rings is 1. The lowest BCUT2D eigenvalue weighted by Gasteiger charge is -2.33. The molecule has 4 aromatic rings. The SMILES string of the molecule is CC1CCCCN1CCCNC(=O)c1csc(CSc2nnc(Cc3ccccc3)n2-c2cccc(Cl)c2)n1. The summed E-state index contributed by atoms with van der Waals surface area (Å²) < 4.78 is 2.05. The molecule has 1 aliphatic heterocycles. The van der Waals surface area contributed by atoms with E-state index >= 15 is 0 Å². The zero-order chi connectivity index (χ0) is 27.0. The van der Waals surface area contributed by atoms with Gasteiger partial charge in [-0.15, -0.1) is 21.5 Å². The topological polar surface area (TPSA) is 75.9 Å². The van der Waals surface area contributed by atoms with Gasteiger partial charge in [0.25, 0.3) is 5.91 Å². The van der Waals surface area contributed by atoms with Gasteiger partial charge in [0.1, 0.15) is 16.5 Å². The number of rotatable bonds is 11. The molecule has 2 aromatic carbocycles. The zero-order valence-corrected chi connectivity index (χ0v) is 24.4. The smallest absolute Gasteiger partial charge is 0.270 e. The van der Waals surface area contributed by atoms with Crippen molar-refractivity contribution in [2.75, 3.05) is 19.6 Å². The van der Waals surface area contributed by atoms with Crippen molar-refractivity contribution < 1.29 is 4.79 Å². The van der Waals surface area contributed by atoms with E-state index in [1.165, 1.54) is 37.1 Å². The maximum absolute atomic E-state index is 12.7. The van der Waals surface area contributed by atoms with E-state index in [4.69, 9.17) is 11.6 Å². The minimum atomic E-state index is -0.110. The van der Waals surface area contributed by atoms with Crippen LogP contribution in [-0.4, -0.2) is 56.2 Å². The molecule has 1 atom stereocenters. The van der Waals surface area contributed by atoms with Crippen LogP contribution >= 0.6 is 34.7 Å². The number of hydrogen-bond acceptors (Lipinski definition) is 7. The quantitative estimate of drug-likeness (QED) is 0.167. The average Bonchev–Trinajstić information content (AvgIpc) is 3.58. The van der Waals surface area contributed by atoms with E-state index in [1.54, 1.807) is 11.8 Å². The summed E-state index contributed by atoms with van der Waals surface area (Å²) in [6.45, 7) is 5.16. The lowest BCUT2D eigenvalue weighted by atomic mass is 10.0. The third kappa shape index (κ3) is 7.48. The van der Waals surface area contributed by atoms with E-state index in [0.717, 1.165) is 40.2 Å². The van der Waals surface area contributed by atoms with Gasteiger partial charge in [0, 0.05) is 36.0 Å². The molecule has 2 aromatic heterocycles. The predicted molar refractivity (Wildman–Crippen MR) is 159 cm³/mol. The van der Waals surface area contributed by atoms with Crippen LogP contribution in [0.5, 0.6) is 0 Å². The molecule has 7 nitrogen and oxygen atoms in total. The molecule has 204 valence electrons. The Hall–Kier alpha value is -2.72. The van der Waals surface area contributed by atoms with Crippen molar-refractivity contribution >= 4 is 40.6 Å². The number of amides is 1. The van der Waals surface area contributed by atoms with Crippen molar-refractivity contribution in [3.63, 3.8) is 0 Å². The first-order valence-electron chi connectivity index (χ1n) is 13.4. The zero-order valence-electron chi connectivity index (χ0n) is 22.1. The Morgan fingerprint density at radius 1 is 1.15 bits per heavy atom. The third-order valence-electron chi connectivity index (χ3n) is 6.93. The second-order valence-corrected chi connectivity index (χ2v) is 12.1. The lowest BCUT2D eigenvalue weighted by molar-refractivity contribution is 0.0944. The maximum atomic E-state index is 12.7. The van der Waals surface area contributed by atoms with Crippen molar-refractivity contribution in [2.45, 2.75) is 56.0 Å². The van der Waals surface area contributed by atoms with Gasteiger partial charge < -0.3 is 10.2 Å². The number of hydrogen-bond donors (Lipinski definition) is 1. The van der Waals surface area contributed by atoms with E-state index in [9.17, 15) is 4.79 Å². The average molecular weight is 581 g/mol. The molecule has 1 aliphatic rings. The molecule has 0 radical (unpaired) electrons. The summed E-state index contributed by atoms with van der Waals surface area (Å²) in [5, 5.41) is 16.2. The van der Waals surface area contributed by atoms with Crippen LogP contribution in [0.2, 0.25) is 5.02 Å². The summed E-state index contributed by atoms with van der Waals surface area (Å²) in [5.74, 6) is 1.32. The van der Waals surface area contributed by atoms with Gasteiger partial charge in [-0.25, -0.2) is 4.98 Å². The third-order valence-corrected chi connectivity index (χ3v) is 9.14. The Bertz CT molecular complexity index is 1380. The van der Waals surface area contributed by atoms with Gasteiger partial charge >= 0.3 is 0 Å².